The van der Waals surface area contributed by atoms with E-state index in [4.69, 9.17) is 10.5 Å². The fraction of sp³-hybridized carbons (Fsp3) is 0.333. The van der Waals surface area contributed by atoms with Crippen LogP contribution in [0.1, 0.15) is 25.3 Å². The van der Waals surface area contributed by atoms with Crippen molar-refractivity contribution in [2.75, 3.05) is 16.9 Å². The number of amides is 1. The van der Waals surface area contributed by atoms with Crippen molar-refractivity contribution in [3.05, 3.63) is 23.8 Å². The van der Waals surface area contributed by atoms with Gasteiger partial charge in [-0.25, -0.2) is 0 Å². The van der Waals surface area contributed by atoms with E-state index < -0.39 is 0 Å². The van der Waals surface area contributed by atoms with Gasteiger partial charge in [-0.3, -0.25) is 10.2 Å². The van der Waals surface area contributed by atoms with E-state index in [2.05, 4.69) is 10.5 Å². The van der Waals surface area contributed by atoms with Crippen molar-refractivity contribution in [1.29, 1.82) is 10.5 Å². The smallest absolute Gasteiger partial charge is 0.237 e. The lowest BCUT2D eigenvalue weighted by atomic mass is 10.0. The summed E-state index contributed by atoms with van der Waals surface area (Å²) in [6.45, 7) is 2.56. The lowest BCUT2D eigenvalue weighted by Gasteiger charge is -2.29. The number of hydrogen-bond acceptors (Lipinski definition) is 5. The predicted molar refractivity (Wildman–Crippen MR) is 79.7 cm³/mol. The molecule has 1 amide bonds. The van der Waals surface area contributed by atoms with Crippen LogP contribution in [0.2, 0.25) is 0 Å². The Labute approximate surface area is 123 Å². The number of nitrogens with zero attached hydrogens (tertiary/aromatic N) is 4. The van der Waals surface area contributed by atoms with Crippen molar-refractivity contribution in [3.8, 4) is 12.1 Å². The molecule has 1 heterocycles. The van der Waals surface area contributed by atoms with Gasteiger partial charge < -0.3 is 4.90 Å². The number of rotatable bonds is 3. The summed E-state index contributed by atoms with van der Waals surface area (Å²) in [6, 6.07) is 8.97. The van der Waals surface area contributed by atoms with E-state index in [1.807, 2.05) is 25.1 Å². The lowest BCUT2D eigenvalue weighted by molar-refractivity contribution is -0.118. The van der Waals surface area contributed by atoms with Gasteiger partial charge in [-0.2, -0.15) is 15.6 Å². The molecule has 6 nitrogen and oxygen atoms in total. The summed E-state index contributed by atoms with van der Waals surface area (Å²) in [7, 11) is 0. The van der Waals surface area contributed by atoms with E-state index in [0.29, 0.717) is 18.7 Å². The van der Waals surface area contributed by atoms with E-state index in [1.165, 1.54) is 0 Å². The summed E-state index contributed by atoms with van der Waals surface area (Å²) >= 11 is 0. The first-order valence-electron chi connectivity index (χ1n) is 6.76. The van der Waals surface area contributed by atoms with Crippen molar-refractivity contribution in [3.63, 3.8) is 0 Å². The predicted octanol–water partition coefficient (Wildman–Crippen LogP) is 2.19. The van der Waals surface area contributed by atoms with Gasteiger partial charge in [0.1, 0.15) is 12.1 Å². The quantitative estimate of drug-likeness (QED) is 0.679. The first-order valence-corrected chi connectivity index (χ1v) is 6.76. The molecule has 0 spiro atoms. The Kier molecular flexibility index (Phi) is 4.53. The van der Waals surface area contributed by atoms with Gasteiger partial charge in [0, 0.05) is 18.7 Å². The number of nitrogens with one attached hydrogen (secondary N) is 1. The Morgan fingerprint density at radius 2 is 2.19 bits per heavy atom. The van der Waals surface area contributed by atoms with E-state index in [9.17, 15) is 4.79 Å². The number of fused-ring (bicyclic) bond motifs is 1. The molecular formula is C15H15N5O. The minimum absolute atomic E-state index is 0.0892. The summed E-state index contributed by atoms with van der Waals surface area (Å²) < 4.78 is 0. The molecule has 1 aliphatic rings. The van der Waals surface area contributed by atoms with Crippen molar-refractivity contribution in [1.82, 2.24) is 0 Å². The zero-order valence-electron chi connectivity index (χ0n) is 11.8. The number of benzene rings is 1. The Morgan fingerprint density at radius 1 is 1.43 bits per heavy atom. The molecule has 106 valence electrons. The lowest BCUT2D eigenvalue weighted by Crippen LogP contribution is -2.34. The summed E-state index contributed by atoms with van der Waals surface area (Å²) in [5.41, 5.74) is 5.09. The highest BCUT2D eigenvalue weighted by Crippen LogP contribution is 2.30. The average molecular weight is 281 g/mol. The van der Waals surface area contributed by atoms with Crippen LogP contribution < -0.4 is 10.3 Å². The standard InChI is InChI=1S/C15H15N5O/c1-2-15(21)20-7-3-4-11-5-6-12(8-14(11)20)18-19-13(9-16)10-17/h5-6,8,18H,2-4,7H2,1H3. The van der Waals surface area contributed by atoms with Crippen LogP contribution in [0.3, 0.4) is 0 Å². The summed E-state index contributed by atoms with van der Waals surface area (Å²) in [4.78, 5) is 13.8. The SMILES string of the molecule is CCC(=O)N1CCCc2ccc(NN=C(C#N)C#N)cc21. The second-order valence-electron chi connectivity index (χ2n) is 4.64. The Balaban J connectivity index is 2.29. The zero-order valence-corrected chi connectivity index (χ0v) is 11.8. The highest BCUT2D eigenvalue weighted by Gasteiger charge is 2.21. The van der Waals surface area contributed by atoms with Crippen molar-refractivity contribution < 1.29 is 4.79 Å². The zero-order chi connectivity index (χ0) is 15.2. The van der Waals surface area contributed by atoms with E-state index in [1.54, 1.807) is 17.0 Å². The Hall–Kier alpha value is -2.86. The summed E-state index contributed by atoms with van der Waals surface area (Å²) in [5, 5.41) is 21.0. The monoisotopic (exact) mass is 281 g/mol. The molecular weight excluding hydrogens is 266 g/mol. The first-order chi connectivity index (χ1) is 10.2. The number of hydrogen-bond donors (Lipinski definition) is 1. The number of hydrazone groups is 1. The molecule has 0 unspecified atom stereocenters. The molecule has 1 aliphatic heterocycles. The molecule has 0 atom stereocenters. The third-order valence-corrected chi connectivity index (χ3v) is 3.32. The minimum atomic E-state index is -0.241. The number of nitriles is 2. The second-order valence-corrected chi connectivity index (χ2v) is 4.64. The van der Waals surface area contributed by atoms with Gasteiger partial charge >= 0.3 is 0 Å². The van der Waals surface area contributed by atoms with Crippen LogP contribution in [-0.2, 0) is 11.2 Å². The number of anilines is 2. The van der Waals surface area contributed by atoms with Crippen molar-refractivity contribution in [2.24, 2.45) is 5.10 Å². The molecule has 1 aromatic carbocycles. The van der Waals surface area contributed by atoms with Crippen LogP contribution >= 0.6 is 0 Å². The van der Waals surface area contributed by atoms with Crippen LogP contribution in [0.4, 0.5) is 11.4 Å². The molecule has 0 fully saturated rings. The van der Waals surface area contributed by atoms with Crippen LogP contribution in [0.15, 0.2) is 23.3 Å². The van der Waals surface area contributed by atoms with Crippen LogP contribution in [0.25, 0.3) is 0 Å². The fourth-order valence-electron chi connectivity index (χ4n) is 2.29. The first kappa shape index (κ1) is 14.5. The molecule has 6 heteroatoms. The van der Waals surface area contributed by atoms with Crippen LogP contribution in [0.5, 0.6) is 0 Å². The highest BCUT2D eigenvalue weighted by atomic mass is 16.2. The fourth-order valence-corrected chi connectivity index (χ4v) is 2.29. The van der Waals surface area contributed by atoms with Gasteiger partial charge in [-0.05, 0) is 30.5 Å². The van der Waals surface area contributed by atoms with Crippen LogP contribution in [0, 0.1) is 22.7 Å². The van der Waals surface area contributed by atoms with Crippen LogP contribution in [-0.4, -0.2) is 18.2 Å². The summed E-state index contributed by atoms with van der Waals surface area (Å²) in [5.74, 6) is 0.0892. The van der Waals surface area contributed by atoms with Gasteiger partial charge in [0.2, 0.25) is 11.6 Å². The molecule has 0 aromatic heterocycles. The molecule has 1 N–H and O–H groups in total. The number of carbonyl (C=O) groups is 1. The molecule has 21 heavy (non-hydrogen) atoms. The maximum absolute atomic E-state index is 12.0. The topological polar surface area (TPSA) is 92.3 Å². The largest absolute Gasteiger partial charge is 0.312 e. The molecule has 0 radical (unpaired) electrons. The molecule has 1 aromatic rings. The average Bonchev–Trinajstić information content (AvgIpc) is 2.54. The molecule has 2 rings (SSSR count). The summed E-state index contributed by atoms with van der Waals surface area (Å²) in [6.07, 6.45) is 2.35. The maximum Gasteiger partial charge on any atom is 0.237 e. The van der Waals surface area contributed by atoms with E-state index in [0.717, 1.165) is 24.1 Å². The molecule has 0 saturated carbocycles. The normalized spacial score (nSPS) is 12.6. The Morgan fingerprint density at radius 3 is 2.86 bits per heavy atom. The van der Waals surface area contributed by atoms with Gasteiger partial charge in [0.25, 0.3) is 0 Å². The van der Waals surface area contributed by atoms with Gasteiger partial charge in [-0.1, -0.05) is 13.0 Å². The molecule has 0 bridgehead atoms. The van der Waals surface area contributed by atoms with E-state index in [-0.39, 0.29) is 11.6 Å². The van der Waals surface area contributed by atoms with Crippen molar-refractivity contribution in [2.45, 2.75) is 26.2 Å². The van der Waals surface area contributed by atoms with Gasteiger partial charge in [-0.15, -0.1) is 0 Å². The maximum atomic E-state index is 12.0. The third kappa shape index (κ3) is 3.18. The molecule has 0 aliphatic carbocycles. The minimum Gasteiger partial charge on any atom is -0.312 e. The van der Waals surface area contributed by atoms with Gasteiger partial charge in [0.15, 0.2) is 0 Å². The Bertz CT molecular complexity index is 650. The van der Waals surface area contributed by atoms with E-state index >= 15 is 0 Å². The van der Waals surface area contributed by atoms with Crippen molar-refractivity contribution >= 4 is 23.0 Å². The second kappa shape index (κ2) is 6.53. The number of aryl methyl sites for hydroxylation is 1. The highest BCUT2D eigenvalue weighted by molar-refractivity contribution is 6.10. The third-order valence-electron chi connectivity index (χ3n) is 3.32. The molecule has 0 saturated heterocycles. The van der Waals surface area contributed by atoms with Gasteiger partial charge in [0.05, 0.1) is 5.69 Å². The number of carbonyl (C=O) groups excluding carboxylic acids is 1.